The molecule has 0 fully saturated rings. The average molecular weight is 763 g/mol. The van der Waals surface area contributed by atoms with Gasteiger partial charge in [-0.25, -0.2) is 9.18 Å². The minimum Gasteiger partial charge on any atom is -0.484 e. The molecule has 13 heteroatoms. The van der Waals surface area contributed by atoms with Crippen LogP contribution in [0.5, 0.6) is 5.75 Å². The maximum atomic E-state index is 14.3. The Hall–Kier alpha value is -6.34. The van der Waals surface area contributed by atoms with E-state index >= 15 is 0 Å². The maximum Gasteiger partial charge on any atom is 0.326 e. The molecule has 1 aromatic heterocycles. The molecule has 7 rings (SSSR count). The lowest BCUT2D eigenvalue weighted by Gasteiger charge is -2.26. The van der Waals surface area contributed by atoms with E-state index in [4.69, 9.17) is 4.74 Å². The van der Waals surface area contributed by atoms with Crippen LogP contribution < -0.4 is 26.0 Å². The number of aliphatic carboxylic acids is 1. The van der Waals surface area contributed by atoms with Crippen molar-refractivity contribution in [3.8, 4) is 16.9 Å². The number of carboxylic acids is 1. The van der Waals surface area contributed by atoms with Crippen LogP contribution in [0.2, 0.25) is 0 Å². The summed E-state index contributed by atoms with van der Waals surface area (Å²) in [6, 6.07) is 27.6. The highest BCUT2D eigenvalue weighted by Gasteiger charge is 2.32. The SMILES string of the molecule is O=C1COc2ccc(cc2)C[C@@H](C(=O)O)NC(=O)[C@H](Cc2cccc(F)c2)NC(=O)[C@@H](Cc2ccc(-c3ccccc3)cc2)NC(=O)[C@H](Cc2cccs2)N1. The van der Waals surface area contributed by atoms with Gasteiger partial charge in [0.15, 0.2) is 6.61 Å². The standard InChI is InChI=1S/C42H39FN4O7S/c43-31-9-4-6-28(20-31)23-35-40(50)47-37(42(52)53)22-27-13-17-32(18-14-27)54-25-38(48)44-36(24-33-10-5-19-55-33)41(51)45-34(39(49)46-35)21-26-11-15-30(16-12-26)29-7-2-1-3-8-29/h1-20,34-37H,21-25H2,(H,44,48)(H,45,51)(H,46,49)(H,47,50)(H,52,53)/t34-,35+,36+,37+/m1/s1. The summed E-state index contributed by atoms with van der Waals surface area (Å²) in [7, 11) is 0. The molecule has 0 unspecified atom stereocenters. The predicted molar refractivity (Wildman–Crippen MR) is 205 cm³/mol. The summed E-state index contributed by atoms with van der Waals surface area (Å²) in [5, 5.41) is 22.7. The Morgan fingerprint density at radius 3 is 1.95 bits per heavy atom. The molecule has 5 N–H and O–H groups in total. The van der Waals surface area contributed by atoms with E-state index in [1.165, 1.54) is 29.5 Å². The minimum atomic E-state index is -1.39. The van der Waals surface area contributed by atoms with E-state index in [-0.39, 0.29) is 25.7 Å². The van der Waals surface area contributed by atoms with E-state index in [1.807, 2.05) is 72.1 Å². The Bertz CT molecular complexity index is 2110. The number of nitrogens with one attached hydrogen (secondary N) is 4. The topological polar surface area (TPSA) is 163 Å². The van der Waals surface area contributed by atoms with Crippen molar-refractivity contribution in [2.45, 2.75) is 49.9 Å². The monoisotopic (exact) mass is 762 g/mol. The lowest BCUT2D eigenvalue weighted by atomic mass is 9.99. The number of carbonyl (C=O) groups is 5. The van der Waals surface area contributed by atoms with Crippen molar-refractivity contribution in [3.05, 3.63) is 148 Å². The van der Waals surface area contributed by atoms with Crippen LogP contribution in [-0.2, 0) is 49.7 Å². The van der Waals surface area contributed by atoms with Crippen LogP contribution in [0.15, 0.2) is 121 Å². The summed E-state index contributed by atoms with van der Waals surface area (Å²) in [5.41, 5.74) is 3.54. The molecular weight excluding hydrogens is 724 g/mol. The second kappa shape index (κ2) is 18.1. The first-order valence-corrected chi connectivity index (χ1v) is 18.5. The molecule has 4 aromatic carbocycles. The number of halogens is 1. The average Bonchev–Trinajstić information content (AvgIpc) is 3.70. The highest BCUT2D eigenvalue weighted by Crippen LogP contribution is 2.21. The Morgan fingerprint density at radius 2 is 1.31 bits per heavy atom. The van der Waals surface area contributed by atoms with Crippen molar-refractivity contribution in [2.75, 3.05) is 6.61 Å². The van der Waals surface area contributed by atoms with Crippen molar-refractivity contribution < 1.29 is 38.2 Å². The van der Waals surface area contributed by atoms with Gasteiger partial charge in [-0.2, -0.15) is 0 Å². The van der Waals surface area contributed by atoms with Crippen LogP contribution >= 0.6 is 11.3 Å². The number of hydrogen-bond acceptors (Lipinski definition) is 7. The number of benzene rings is 4. The molecule has 55 heavy (non-hydrogen) atoms. The number of ether oxygens (including phenoxy) is 1. The van der Waals surface area contributed by atoms with E-state index in [0.717, 1.165) is 16.0 Å². The summed E-state index contributed by atoms with van der Waals surface area (Å²) in [4.78, 5) is 68.6. The Balaban J connectivity index is 1.35. The van der Waals surface area contributed by atoms with Gasteiger partial charge in [0.1, 0.15) is 35.7 Å². The van der Waals surface area contributed by atoms with E-state index in [9.17, 15) is 33.5 Å². The molecule has 0 aliphatic carbocycles. The van der Waals surface area contributed by atoms with E-state index in [0.29, 0.717) is 22.4 Å². The molecule has 0 saturated heterocycles. The number of thiophene rings is 1. The third-order valence-electron chi connectivity index (χ3n) is 9.08. The third-order valence-corrected chi connectivity index (χ3v) is 9.98. The van der Waals surface area contributed by atoms with Gasteiger partial charge < -0.3 is 31.1 Å². The summed E-state index contributed by atoms with van der Waals surface area (Å²) in [6.45, 7) is -0.416. The number of fused-ring (bicyclic) bond motifs is 16. The number of hydrogen-bond donors (Lipinski definition) is 5. The summed E-state index contributed by atoms with van der Waals surface area (Å²) in [5.74, 6) is -4.33. The van der Waals surface area contributed by atoms with Crippen molar-refractivity contribution >= 4 is 40.9 Å². The smallest absolute Gasteiger partial charge is 0.326 e. The van der Waals surface area contributed by atoms with Crippen LogP contribution in [0.4, 0.5) is 4.39 Å². The lowest BCUT2D eigenvalue weighted by Crippen LogP contribution is -2.59. The summed E-state index contributed by atoms with van der Waals surface area (Å²) >= 11 is 1.40. The van der Waals surface area contributed by atoms with Crippen molar-refractivity contribution in [1.82, 2.24) is 21.3 Å². The highest BCUT2D eigenvalue weighted by atomic mass is 32.1. The molecule has 0 saturated carbocycles. The lowest BCUT2D eigenvalue weighted by molar-refractivity contribution is -0.142. The van der Waals surface area contributed by atoms with Gasteiger partial charge in [-0.1, -0.05) is 84.9 Å². The molecule has 5 aromatic rings. The van der Waals surface area contributed by atoms with Crippen LogP contribution in [0.25, 0.3) is 11.1 Å². The predicted octanol–water partition coefficient (Wildman–Crippen LogP) is 4.24. The van der Waals surface area contributed by atoms with Gasteiger partial charge in [-0.3, -0.25) is 19.2 Å². The first-order chi connectivity index (χ1) is 26.6. The van der Waals surface area contributed by atoms with Crippen LogP contribution in [0.1, 0.15) is 21.6 Å². The summed E-state index contributed by atoms with van der Waals surface area (Å²) < 4.78 is 19.9. The number of carbonyl (C=O) groups excluding carboxylic acids is 4. The highest BCUT2D eigenvalue weighted by molar-refractivity contribution is 7.09. The largest absolute Gasteiger partial charge is 0.484 e. The van der Waals surface area contributed by atoms with Gasteiger partial charge in [-0.05, 0) is 63.5 Å². The van der Waals surface area contributed by atoms with Crippen LogP contribution in [0, 0.1) is 5.82 Å². The van der Waals surface area contributed by atoms with Crippen LogP contribution in [0.3, 0.4) is 0 Å². The molecular formula is C42H39FN4O7S. The Kier molecular flexibility index (Phi) is 12.7. The summed E-state index contributed by atoms with van der Waals surface area (Å²) in [6.07, 6.45) is -0.164. The molecule has 0 radical (unpaired) electrons. The fourth-order valence-corrected chi connectivity index (χ4v) is 6.97. The fourth-order valence-electron chi connectivity index (χ4n) is 6.22. The zero-order chi connectivity index (χ0) is 38.7. The van der Waals surface area contributed by atoms with Crippen molar-refractivity contribution in [2.24, 2.45) is 0 Å². The number of carboxylic acid groups (broad SMARTS) is 1. The normalized spacial score (nSPS) is 19.7. The first-order valence-electron chi connectivity index (χ1n) is 17.7. The van der Waals surface area contributed by atoms with Crippen molar-refractivity contribution in [3.63, 3.8) is 0 Å². The molecule has 2 bridgehead atoms. The van der Waals surface area contributed by atoms with Crippen LogP contribution in [-0.4, -0.2) is 65.5 Å². The zero-order valence-electron chi connectivity index (χ0n) is 29.6. The fraction of sp³-hybridized carbons (Fsp3) is 0.214. The molecule has 11 nitrogen and oxygen atoms in total. The molecule has 4 atom stereocenters. The van der Waals surface area contributed by atoms with Gasteiger partial charge in [0.2, 0.25) is 17.7 Å². The van der Waals surface area contributed by atoms with Crippen molar-refractivity contribution in [1.29, 1.82) is 0 Å². The molecule has 282 valence electrons. The Labute approximate surface area is 320 Å². The molecule has 4 amide bonds. The van der Waals surface area contributed by atoms with Gasteiger partial charge in [0.25, 0.3) is 5.91 Å². The number of rotatable bonds is 8. The van der Waals surface area contributed by atoms with Gasteiger partial charge in [0, 0.05) is 30.6 Å². The van der Waals surface area contributed by atoms with E-state index in [1.54, 1.807) is 30.3 Å². The quantitative estimate of drug-likeness (QED) is 0.148. The maximum absolute atomic E-state index is 14.3. The zero-order valence-corrected chi connectivity index (χ0v) is 30.4. The molecule has 2 aliphatic heterocycles. The van der Waals surface area contributed by atoms with Gasteiger partial charge >= 0.3 is 5.97 Å². The molecule has 2 aliphatic rings. The van der Waals surface area contributed by atoms with Gasteiger partial charge in [0.05, 0.1) is 0 Å². The third kappa shape index (κ3) is 10.9. The first kappa shape index (κ1) is 38.4. The Morgan fingerprint density at radius 1 is 0.673 bits per heavy atom. The molecule has 3 heterocycles. The van der Waals surface area contributed by atoms with Gasteiger partial charge in [-0.15, -0.1) is 11.3 Å². The number of amides is 4. The molecule has 0 spiro atoms. The van der Waals surface area contributed by atoms with E-state index < -0.39 is 66.2 Å². The van der Waals surface area contributed by atoms with E-state index in [2.05, 4.69) is 21.3 Å². The second-order valence-electron chi connectivity index (χ2n) is 13.2. The second-order valence-corrected chi connectivity index (χ2v) is 14.2. The minimum absolute atomic E-state index is 0.00451.